The highest BCUT2D eigenvalue weighted by atomic mass is 16.5. The van der Waals surface area contributed by atoms with E-state index < -0.39 is 0 Å². The third kappa shape index (κ3) is 3.32. The van der Waals surface area contributed by atoms with Crippen molar-refractivity contribution in [2.45, 2.75) is 6.92 Å². The van der Waals surface area contributed by atoms with E-state index in [2.05, 4.69) is 30.6 Å². The van der Waals surface area contributed by atoms with Gasteiger partial charge in [0.15, 0.2) is 11.5 Å². The van der Waals surface area contributed by atoms with E-state index in [1.165, 1.54) is 6.33 Å². The molecule has 0 amide bonds. The van der Waals surface area contributed by atoms with Crippen molar-refractivity contribution in [3.63, 3.8) is 0 Å². The van der Waals surface area contributed by atoms with E-state index in [4.69, 9.17) is 4.74 Å². The van der Waals surface area contributed by atoms with Gasteiger partial charge in [0, 0.05) is 18.5 Å². The first-order valence-electron chi connectivity index (χ1n) is 8.30. The summed E-state index contributed by atoms with van der Waals surface area (Å²) >= 11 is 0. The van der Waals surface area contributed by atoms with Gasteiger partial charge in [0.2, 0.25) is 0 Å². The summed E-state index contributed by atoms with van der Waals surface area (Å²) < 4.78 is 7.07. The molecule has 4 aromatic rings. The summed E-state index contributed by atoms with van der Waals surface area (Å²) in [7, 11) is 1.64. The highest BCUT2D eigenvalue weighted by molar-refractivity contribution is 5.90. The molecule has 0 unspecified atom stereocenters. The van der Waals surface area contributed by atoms with Crippen molar-refractivity contribution in [1.82, 2.24) is 24.7 Å². The highest BCUT2D eigenvalue weighted by Gasteiger charge is 2.15. The largest absolute Gasteiger partial charge is 0.497 e. The number of hydrazone groups is 1. The van der Waals surface area contributed by atoms with Crippen molar-refractivity contribution in [2.24, 2.45) is 5.10 Å². The molecule has 0 atom stereocenters. The number of hydrogen-bond acceptors (Lipinski definition) is 7. The van der Waals surface area contributed by atoms with E-state index in [9.17, 15) is 0 Å². The molecule has 0 aliphatic heterocycles. The molecule has 0 saturated heterocycles. The number of rotatable bonds is 5. The Morgan fingerprint density at radius 2 is 2.00 bits per heavy atom. The summed E-state index contributed by atoms with van der Waals surface area (Å²) in [5.74, 6) is 1.35. The van der Waals surface area contributed by atoms with Gasteiger partial charge in [0.1, 0.15) is 12.1 Å². The fourth-order valence-electron chi connectivity index (χ4n) is 2.74. The lowest BCUT2D eigenvalue weighted by atomic mass is 10.3. The van der Waals surface area contributed by atoms with E-state index in [-0.39, 0.29) is 0 Å². The monoisotopic (exact) mass is 359 g/mol. The van der Waals surface area contributed by atoms with Gasteiger partial charge in [-0.25, -0.2) is 14.6 Å². The lowest BCUT2D eigenvalue weighted by molar-refractivity contribution is 0.414. The van der Waals surface area contributed by atoms with Crippen LogP contribution in [0.5, 0.6) is 5.75 Å². The van der Waals surface area contributed by atoms with E-state index in [1.54, 1.807) is 30.4 Å². The average molecular weight is 359 g/mol. The molecular weight excluding hydrogens is 342 g/mol. The van der Waals surface area contributed by atoms with Crippen molar-refractivity contribution in [2.75, 3.05) is 12.5 Å². The number of benzene rings is 1. The summed E-state index contributed by atoms with van der Waals surface area (Å²) in [6.45, 7) is 1.92. The highest BCUT2D eigenvalue weighted by Crippen LogP contribution is 2.26. The molecule has 8 heteroatoms. The molecule has 0 spiro atoms. The third-order valence-corrected chi connectivity index (χ3v) is 4.03. The fraction of sp³-hybridized carbons (Fsp3) is 0.105. The zero-order valence-electron chi connectivity index (χ0n) is 14.9. The van der Waals surface area contributed by atoms with Gasteiger partial charge in [-0.3, -0.25) is 10.4 Å². The van der Waals surface area contributed by atoms with Crippen LogP contribution in [-0.2, 0) is 0 Å². The Bertz CT molecular complexity index is 1110. The topological polar surface area (TPSA) is 90.1 Å². The van der Waals surface area contributed by atoms with Crippen LogP contribution in [0.3, 0.4) is 0 Å². The van der Waals surface area contributed by atoms with E-state index in [0.717, 1.165) is 28.1 Å². The van der Waals surface area contributed by atoms with Crippen LogP contribution in [0.25, 0.3) is 16.7 Å². The van der Waals surface area contributed by atoms with Crippen LogP contribution in [-0.4, -0.2) is 38.1 Å². The number of nitrogens with one attached hydrogen (secondary N) is 1. The van der Waals surface area contributed by atoms with Gasteiger partial charge in [-0.1, -0.05) is 6.07 Å². The van der Waals surface area contributed by atoms with E-state index in [0.29, 0.717) is 11.5 Å². The first kappa shape index (κ1) is 16.6. The molecular formula is C19H17N7O. The van der Waals surface area contributed by atoms with Gasteiger partial charge in [-0.2, -0.15) is 10.2 Å². The number of anilines is 1. The molecule has 1 aromatic carbocycles. The minimum Gasteiger partial charge on any atom is -0.497 e. The molecule has 27 heavy (non-hydrogen) atoms. The minimum absolute atomic E-state index is 0.594. The minimum atomic E-state index is 0.594. The maximum atomic E-state index is 5.30. The first-order valence-corrected chi connectivity index (χ1v) is 8.30. The summed E-state index contributed by atoms with van der Waals surface area (Å²) in [5, 5.41) is 9.70. The van der Waals surface area contributed by atoms with Crippen LogP contribution in [0.4, 0.5) is 5.82 Å². The van der Waals surface area contributed by atoms with Crippen molar-refractivity contribution in [1.29, 1.82) is 0 Å². The lowest BCUT2D eigenvalue weighted by Gasteiger charge is -2.06. The quantitative estimate of drug-likeness (QED) is 0.435. The lowest BCUT2D eigenvalue weighted by Crippen LogP contribution is -2.00. The summed E-state index contributed by atoms with van der Waals surface area (Å²) in [4.78, 5) is 12.7. The Balaban J connectivity index is 1.71. The number of aromatic nitrogens is 5. The van der Waals surface area contributed by atoms with Crippen LogP contribution < -0.4 is 10.2 Å². The SMILES string of the molecule is COc1cccc(-n2nc(C)c3c(N/N=C/c4ccncc4)ncnc32)c1. The molecule has 0 radical (unpaired) electrons. The molecule has 0 fully saturated rings. The molecule has 0 aliphatic carbocycles. The van der Waals surface area contributed by atoms with Gasteiger partial charge < -0.3 is 4.74 Å². The second-order valence-corrected chi connectivity index (χ2v) is 5.77. The van der Waals surface area contributed by atoms with Crippen LogP contribution in [0.1, 0.15) is 11.3 Å². The maximum absolute atomic E-state index is 5.30. The summed E-state index contributed by atoms with van der Waals surface area (Å²) in [6, 6.07) is 11.4. The number of pyridine rings is 1. The molecule has 0 bridgehead atoms. The summed E-state index contributed by atoms with van der Waals surface area (Å²) in [5.41, 5.74) is 6.27. The number of hydrogen-bond donors (Lipinski definition) is 1. The molecule has 1 N–H and O–H groups in total. The molecule has 8 nitrogen and oxygen atoms in total. The zero-order valence-corrected chi connectivity index (χ0v) is 14.9. The van der Waals surface area contributed by atoms with Gasteiger partial charge in [0.05, 0.1) is 30.1 Å². The van der Waals surface area contributed by atoms with Gasteiger partial charge in [0.25, 0.3) is 0 Å². The Morgan fingerprint density at radius 1 is 1.15 bits per heavy atom. The standard InChI is InChI=1S/C19H17N7O/c1-13-17-18(24-23-11-14-6-8-20-9-7-14)21-12-22-19(17)26(25-13)15-4-3-5-16(10-15)27-2/h3-12H,1-2H3,(H,21,22,24)/b23-11+. The van der Waals surface area contributed by atoms with Crippen molar-refractivity contribution in [3.05, 3.63) is 66.4 Å². The predicted octanol–water partition coefficient (Wildman–Crippen LogP) is 2.97. The van der Waals surface area contributed by atoms with Gasteiger partial charge >= 0.3 is 0 Å². The number of fused-ring (bicyclic) bond motifs is 1. The van der Waals surface area contributed by atoms with Crippen molar-refractivity contribution in [3.8, 4) is 11.4 Å². The molecule has 3 aromatic heterocycles. The average Bonchev–Trinajstić information content (AvgIpc) is 3.06. The van der Waals surface area contributed by atoms with E-state index in [1.807, 2.05) is 43.3 Å². The number of nitrogens with zero attached hydrogens (tertiary/aromatic N) is 6. The molecule has 134 valence electrons. The van der Waals surface area contributed by atoms with Crippen LogP contribution in [0, 0.1) is 6.92 Å². The Kier molecular flexibility index (Phi) is 4.44. The predicted molar refractivity (Wildman–Crippen MR) is 103 cm³/mol. The third-order valence-electron chi connectivity index (χ3n) is 4.03. The van der Waals surface area contributed by atoms with Gasteiger partial charge in [-0.05, 0) is 36.8 Å². The van der Waals surface area contributed by atoms with Crippen LogP contribution in [0.15, 0.2) is 60.2 Å². The second kappa shape index (κ2) is 7.20. The first-order chi connectivity index (χ1) is 13.3. The zero-order chi connectivity index (χ0) is 18.6. The van der Waals surface area contributed by atoms with Crippen LogP contribution in [0.2, 0.25) is 0 Å². The number of methoxy groups -OCH3 is 1. The normalized spacial score (nSPS) is 11.2. The summed E-state index contributed by atoms with van der Waals surface area (Å²) in [6.07, 6.45) is 6.63. The number of aryl methyl sites for hydroxylation is 1. The Morgan fingerprint density at radius 3 is 2.81 bits per heavy atom. The van der Waals surface area contributed by atoms with Crippen molar-refractivity contribution >= 4 is 23.1 Å². The Hall–Kier alpha value is -3.81. The molecule has 0 saturated carbocycles. The van der Waals surface area contributed by atoms with Gasteiger partial charge in [-0.15, -0.1) is 0 Å². The maximum Gasteiger partial charge on any atom is 0.168 e. The van der Waals surface area contributed by atoms with E-state index >= 15 is 0 Å². The Labute approximate surface area is 155 Å². The smallest absolute Gasteiger partial charge is 0.168 e. The molecule has 0 aliphatic rings. The van der Waals surface area contributed by atoms with Crippen LogP contribution >= 0.6 is 0 Å². The fourth-order valence-corrected chi connectivity index (χ4v) is 2.74. The second-order valence-electron chi connectivity index (χ2n) is 5.77. The van der Waals surface area contributed by atoms with Crippen molar-refractivity contribution < 1.29 is 4.74 Å². The molecule has 3 heterocycles. The molecule has 4 rings (SSSR count). The number of ether oxygens (including phenoxy) is 1.